The zero-order chi connectivity index (χ0) is 15.9. The van der Waals surface area contributed by atoms with Crippen molar-refractivity contribution in [2.24, 2.45) is 5.92 Å². The van der Waals surface area contributed by atoms with Gasteiger partial charge in [0.15, 0.2) is 5.67 Å². The van der Waals surface area contributed by atoms with Crippen LogP contribution in [0.2, 0.25) is 0 Å². The normalized spacial score (nSPS) is 29.4. The van der Waals surface area contributed by atoms with Gasteiger partial charge in [-0.15, -0.1) is 5.10 Å². The van der Waals surface area contributed by atoms with Crippen molar-refractivity contribution >= 4 is 11.9 Å². The Bertz CT molecular complexity index is 557. The van der Waals surface area contributed by atoms with Crippen molar-refractivity contribution in [3.8, 4) is 0 Å². The van der Waals surface area contributed by atoms with Crippen molar-refractivity contribution in [1.29, 1.82) is 0 Å². The number of hydrogen-bond acceptors (Lipinski definition) is 5. The molecule has 1 heterocycles. The maximum absolute atomic E-state index is 13.6. The highest BCUT2D eigenvalue weighted by molar-refractivity contribution is 5.87. The Morgan fingerprint density at radius 1 is 1.50 bits per heavy atom. The summed E-state index contributed by atoms with van der Waals surface area (Å²) >= 11 is 0. The van der Waals surface area contributed by atoms with E-state index in [1.807, 2.05) is 14.1 Å². The minimum absolute atomic E-state index is 0.0794. The van der Waals surface area contributed by atoms with E-state index >= 15 is 0 Å². The average Bonchev–Trinajstić information content (AvgIpc) is 2.91. The highest BCUT2D eigenvalue weighted by atomic mass is 19.1. The van der Waals surface area contributed by atoms with Crippen LogP contribution in [0.1, 0.15) is 37.4 Å². The van der Waals surface area contributed by atoms with Crippen molar-refractivity contribution in [3.63, 3.8) is 0 Å². The first-order valence-electron chi connectivity index (χ1n) is 7.64. The van der Waals surface area contributed by atoms with Crippen molar-refractivity contribution in [2.75, 3.05) is 25.5 Å². The van der Waals surface area contributed by atoms with E-state index in [-0.39, 0.29) is 11.8 Å². The van der Waals surface area contributed by atoms with Gasteiger partial charge in [-0.3, -0.25) is 9.89 Å². The number of hydrogen-bond donors (Lipinski definition) is 3. The first-order valence-corrected chi connectivity index (χ1v) is 7.64. The van der Waals surface area contributed by atoms with Gasteiger partial charge in [-0.25, -0.2) is 4.39 Å². The van der Waals surface area contributed by atoms with Gasteiger partial charge in [0.1, 0.15) is 5.82 Å². The van der Waals surface area contributed by atoms with Crippen LogP contribution in [-0.2, 0) is 4.79 Å². The smallest absolute Gasteiger partial charge is 0.257 e. The van der Waals surface area contributed by atoms with Crippen molar-refractivity contribution < 1.29 is 14.3 Å². The summed E-state index contributed by atoms with van der Waals surface area (Å²) < 4.78 is 13.6. The number of aliphatic hydroxyl groups is 1. The van der Waals surface area contributed by atoms with Crippen LogP contribution in [0.25, 0.3) is 0 Å². The molecule has 122 valence electrons. The second-order valence-electron chi connectivity index (χ2n) is 6.59. The number of nitrogens with zero attached hydrogens (tertiary/aromatic N) is 3. The number of rotatable bonds is 5. The molecule has 2 aliphatic carbocycles. The standard InChI is InChI=1S/C14H22FN5O2/c1-20(2)13-17-11(18-19-13)8-5-9(10(21)6-8)7-16-12(22)14(15)3-4-14/h8-10,21H,3-7H2,1-2H3,(H,16,22)(H,17,18,19)/t8-,9+,10+/m0/s1. The number of halogens is 1. The van der Waals surface area contributed by atoms with Crippen molar-refractivity contribution in [2.45, 2.75) is 43.4 Å². The molecule has 2 fully saturated rings. The molecule has 0 spiro atoms. The SMILES string of the molecule is CN(C)c1n[nH]c([C@H]2C[C@H](CNC(=O)C3(F)CC3)[C@H](O)C2)n1. The molecule has 3 atom stereocenters. The summed E-state index contributed by atoms with van der Waals surface area (Å²) in [5.74, 6) is 0.815. The zero-order valence-electron chi connectivity index (χ0n) is 12.8. The molecule has 7 nitrogen and oxygen atoms in total. The van der Waals surface area contributed by atoms with Gasteiger partial charge in [0.05, 0.1) is 6.10 Å². The number of amides is 1. The lowest BCUT2D eigenvalue weighted by Crippen LogP contribution is -2.38. The number of carbonyl (C=O) groups is 1. The summed E-state index contributed by atoms with van der Waals surface area (Å²) in [6.07, 6.45) is 1.36. The predicted octanol–water partition coefficient (Wildman–Crippen LogP) is 0.343. The second kappa shape index (κ2) is 5.49. The van der Waals surface area contributed by atoms with Gasteiger partial charge in [-0.05, 0) is 25.7 Å². The van der Waals surface area contributed by atoms with Crippen LogP contribution < -0.4 is 10.2 Å². The molecule has 2 aliphatic rings. The molecule has 0 aliphatic heterocycles. The van der Waals surface area contributed by atoms with Gasteiger partial charge in [-0.1, -0.05) is 0 Å². The Morgan fingerprint density at radius 2 is 2.23 bits per heavy atom. The number of aliphatic hydroxyl groups excluding tert-OH is 1. The van der Waals surface area contributed by atoms with Gasteiger partial charge in [-0.2, -0.15) is 4.98 Å². The molecule has 0 aromatic carbocycles. The number of aromatic amines is 1. The monoisotopic (exact) mass is 311 g/mol. The van der Waals surface area contributed by atoms with E-state index in [0.717, 1.165) is 5.82 Å². The summed E-state index contributed by atoms with van der Waals surface area (Å²) in [5, 5.41) is 19.8. The largest absolute Gasteiger partial charge is 0.393 e. The maximum Gasteiger partial charge on any atom is 0.257 e. The Labute approximate surface area is 128 Å². The van der Waals surface area contributed by atoms with Crippen LogP contribution >= 0.6 is 0 Å². The lowest BCUT2D eigenvalue weighted by molar-refractivity contribution is -0.127. The molecule has 8 heteroatoms. The van der Waals surface area contributed by atoms with Crippen molar-refractivity contribution in [1.82, 2.24) is 20.5 Å². The summed E-state index contributed by atoms with van der Waals surface area (Å²) in [4.78, 5) is 17.8. The molecular formula is C14H22FN5O2. The number of carbonyl (C=O) groups excluding carboxylic acids is 1. The second-order valence-corrected chi connectivity index (χ2v) is 6.59. The summed E-state index contributed by atoms with van der Waals surface area (Å²) in [6.45, 7) is 0.302. The number of aromatic nitrogens is 3. The summed E-state index contributed by atoms with van der Waals surface area (Å²) in [7, 11) is 3.72. The molecule has 0 radical (unpaired) electrons. The molecule has 2 saturated carbocycles. The molecular weight excluding hydrogens is 289 g/mol. The molecule has 0 bridgehead atoms. The van der Waals surface area contributed by atoms with E-state index in [1.165, 1.54) is 0 Å². The fraction of sp³-hybridized carbons (Fsp3) is 0.786. The molecule has 1 aromatic rings. The minimum atomic E-state index is -1.66. The molecule has 1 aromatic heterocycles. The lowest BCUT2D eigenvalue weighted by Gasteiger charge is -2.15. The number of alkyl halides is 1. The van der Waals surface area contributed by atoms with Gasteiger partial charge >= 0.3 is 0 Å². The van der Waals surface area contributed by atoms with Crippen LogP contribution in [0.15, 0.2) is 0 Å². The van der Waals surface area contributed by atoms with E-state index in [0.29, 0.717) is 38.2 Å². The van der Waals surface area contributed by atoms with Crippen LogP contribution in [0, 0.1) is 5.92 Å². The van der Waals surface area contributed by atoms with Crippen LogP contribution in [0.5, 0.6) is 0 Å². The first kappa shape index (κ1) is 15.2. The average molecular weight is 311 g/mol. The molecule has 3 N–H and O–H groups in total. The van der Waals surface area contributed by atoms with Gasteiger partial charge in [0.25, 0.3) is 5.91 Å². The van der Waals surface area contributed by atoms with Gasteiger partial charge in [0, 0.05) is 32.5 Å². The number of nitrogens with one attached hydrogen (secondary N) is 2. The van der Waals surface area contributed by atoms with Crippen LogP contribution in [-0.4, -0.2) is 58.6 Å². The highest BCUT2D eigenvalue weighted by Gasteiger charge is 2.51. The Hall–Kier alpha value is -1.70. The molecule has 0 saturated heterocycles. The molecule has 3 rings (SSSR count). The third-order valence-corrected chi connectivity index (χ3v) is 4.56. The topological polar surface area (TPSA) is 94.1 Å². The summed E-state index contributed by atoms with van der Waals surface area (Å²) in [5.41, 5.74) is -1.66. The maximum atomic E-state index is 13.6. The van der Waals surface area contributed by atoms with E-state index < -0.39 is 17.7 Å². The Kier molecular flexibility index (Phi) is 3.80. The van der Waals surface area contributed by atoms with Crippen LogP contribution in [0.4, 0.5) is 10.3 Å². The van der Waals surface area contributed by atoms with Gasteiger partial charge < -0.3 is 15.3 Å². The van der Waals surface area contributed by atoms with Gasteiger partial charge in [0.2, 0.25) is 5.95 Å². The minimum Gasteiger partial charge on any atom is -0.393 e. The molecule has 22 heavy (non-hydrogen) atoms. The van der Waals surface area contributed by atoms with E-state index in [2.05, 4.69) is 20.5 Å². The van der Waals surface area contributed by atoms with Crippen LogP contribution in [0.3, 0.4) is 0 Å². The summed E-state index contributed by atoms with van der Waals surface area (Å²) in [6, 6.07) is 0. The fourth-order valence-corrected chi connectivity index (χ4v) is 2.91. The quantitative estimate of drug-likeness (QED) is 0.729. The third kappa shape index (κ3) is 2.92. The molecule has 0 unspecified atom stereocenters. The number of H-pyrrole nitrogens is 1. The fourth-order valence-electron chi connectivity index (χ4n) is 2.91. The third-order valence-electron chi connectivity index (χ3n) is 4.56. The predicted molar refractivity (Wildman–Crippen MR) is 78.3 cm³/mol. The Morgan fingerprint density at radius 3 is 2.82 bits per heavy atom. The van der Waals surface area contributed by atoms with E-state index in [9.17, 15) is 14.3 Å². The zero-order valence-corrected chi connectivity index (χ0v) is 12.8. The van der Waals surface area contributed by atoms with E-state index in [1.54, 1.807) is 4.90 Å². The van der Waals surface area contributed by atoms with Crippen molar-refractivity contribution in [3.05, 3.63) is 5.82 Å². The highest BCUT2D eigenvalue weighted by Crippen LogP contribution is 2.40. The Balaban J connectivity index is 1.55. The molecule has 1 amide bonds. The lowest BCUT2D eigenvalue weighted by atomic mass is 10.0. The first-order chi connectivity index (χ1) is 10.4. The van der Waals surface area contributed by atoms with E-state index in [4.69, 9.17) is 0 Å². The number of anilines is 1.